The van der Waals surface area contributed by atoms with Crippen molar-refractivity contribution in [1.82, 2.24) is 0 Å². The number of pyridine rings is 1. The van der Waals surface area contributed by atoms with Crippen LogP contribution in [0.5, 0.6) is 11.5 Å². The Kier molecular flexibility index (Phi) is 4.64. The molecule has 0 saturated carbocycles. The first-order valence-corrected chi connectivity index (χ1v) is 11.8. The van der Waals surface area contributed by atoms with Crippen molar-refractivity contribution in [3.8, 4) is 22.8 Å². The molecule has 5 rings (SSSR count). The number of aromatic nitrogens is 1. The van der Waals surface area contributed by atoms with Crippen LogP contribution in [0.3, 0.4) is 0 Å². The highest BCUT2D eigenvalue weighted by Crippen LogP contribution is 2.49. The van der Waals surface area contributed by atoms with E-state index in [9.17, 15) is 0 Å². The molecule has 0 spiro atoms. The largest absolute Gasteiger partial charge is 0.450 e. The average molecular weight is 425 g/mol. The number of nitrogens with zero attached hydrogens (tertiary/aromatic N) is 1. The summed E-state index contributed by atoms with van der Waals surface area (Å²) < 4.78 is 9.04. The first kappa shape index (κ1) is 21.0. The van der Waals surface area contributed by atoms with Crippen LogP contribution in [0.15, 0.2) is 42.5 Å². The Labute approximate surface area is 191 Å². The minimum atomic E-state index is 0.227. The van der Waals surface area contributed by atoms with Gasteiger partial charge < -0.3 is 4.74 Å². The van der Waals surface area contributed by atoms with Crippen LogP contribution in [0.25, 0.3) is 32.9 Å². The van der Waals surface area contributed by atoms with Crippen molar-refractivity contribution in [1.29, 1.82) is 0 Å². The lowest BCUT2D eigenvalue weighted by Crippen LogP contribution is -2.34. The molecule has 0 unspecified atom stereocenters. The molecule has 2 nitrogen and oxygen atoms in total. The van der Waals surface area contributed by atoms with Gasteiger partial charge >= 0.3 is 0 Å². The molecule has 3 aromatic carbocycles. The van der Waals surface area contributed by atoms with Gasteiger partial charge in [-0.1, -0.05) is 58.9 Å². The fraction of sp³-hybridized carbons (Fsp3) is 0.367. The van der Waals surface area contributed by atoms with Gasteiger partial charge in [0.15, 0.2) is 5.75 Å². The fourth-order valence-electron chi connectivity index (χ4n) is 5.39. The Hall–Kier alpha value is -2.87. The number of benzene rings is 3. The molecule has 1 aromatic heterocycles. The highest BCUT2D eigenvalue weighted by atomic mass is 16.5. The first-order valence-electron chi connectivity index (χ1n) is 11.8. The summed E-state index contributed by atoms with van der Waals surface area (Å²) >= 11 is 0. The van der Waals surface area contributed by atoms with E-state index in [0.717, 1.165) is 17.9 Å². The molecule has 1 aliphatic rings. The van der Waals surface area contributed by atoms with Crippen molar-refractivity contribution in [2.45, 2.75) is 60.8 Å². The second-order valence-corrected chi connectivity index (χ2v) is 11.1. The highest BCUT2D eigenvalue weighted by Gasteiger charge is 2.32. The smallest absolute Gasteiger partial charge is 0.256 e. The third-order valence-corrected chi connectivity index (χ3v) is 6.92. The van der Waals surface area contributed by atoms with E-state index >= 15 is 0 Å². The van der Waals surface area contributed by atoms with E-state index in [1.54, 1.807) is 0 Å². The van der Waals surface area contributed by atoms with Gasteiger partial charge in [0, 0.05) is 17.5 Å². The number of rotatable bonds is 2. The van der Waals surface area contributed by atoms with Crippen molar-refractivity contribution in [3.63, 3.8) is 0 Å². The van der Waals surface area contributed by atoms with Crippen molar-refractivity contribution in [2.75, 3.05) is 0 Å². The van der Waals surface area contributed by atoms with Gasteiger partial charge in [0.05, 0.1) is 10.9 Å². The molecule has 0 atom stereocenters. The lowest BCUT2D eigenvalue weighted by Gasteiger charge is -2.25. The quantitative estimate of drug-likeness (QED) is 0.262. The Bertz CT molecular complexity index is 1400. The number of ether oxygens (including phenoxy) is 1. The number of hydrogen-bond donors (Lipinski definition) is 0. The molecular weight excluding hydrogens is 390 g/mol. The molecule has 32 heavy (non-hydrogen) atoms. The zero-order valence-electron chi connectivity index (χ0n) is 20.7. The van der Waals surface area contributed by atoms with Crippen LogP contribution in [0.4, 0.5) is 0 Å². The Morgan fingerprint density at radius 1 is 0.969 bits per heavy atom. The van der Waals surface area contributed by atoms with Crippen LogP contribution in [-0.4, -0.2) is 0 Å². The van der Waals surface area contributed by atoms with Gasteiger partial charge in [-0.2, -0.15) is 4.57 Å². The Morgan fingerprint density at radius 2 is 1.72 bits per heavy atom. The normalized spacial score (nSPS) is 13.0. The maximum atomic E-state index is 6.70. The van der Waals surface area contributed by atoms with Crippen molar-refractivity contribution in [3.05, 3.63) is 64.7 Å². The topological polar surface area (TPSA) is 13.1 Å². The standard InChI is InChI=1S/C30H34NO/c1-17(2)22-10-9-11-24-23(22)15-26-29(31(24)8)27-19(4)18(3)12-21-13-20(16-30(5,6)7)14-25(32-26)28(21)27/h9-15,17H,16H2,1-8H3/q+1. The third-order valence-electron chi connectivity index (χ3n) is 6.92. The monoisotopic (exact) mass is 424 g/mol. The summed E-state index contributed by atoms with van der Waals surface area (Å²) in [5, 5.41) is 3.80. The zero-order chi connectivity index (χ0) is 22.9. The molecule has 4 aromatic rings. The van der Waals surface area contributed by atoms with Crippen LogP contribution in [0.2, 0.25) is 0 Å². The molecule has 0 saturated heterocycles. The average Bonchev–Trinajstić information content (AvgIpc) is 2.69. The summed E-state index contributed by atoms with van der Waals surface area (Å²) in [6.07, 6.45) is 1.03. The number of hydrogen-bond acceptors (Lipinski definition) is 1. The molecule has 0 radical (unpaired) electrons. The van der Waals surface area contributed by atoms with Gasteiger partial charge in [-0.3, -0.25) is 0 Å². The summed E-state index contributed by atoms with van der Waals surface area (Å²) in [6.45, 7) is 15.9. The first-order chi connectivity index (χ1) is 15.0. The lowest BCUT2D eigenvalue weighted by molar-refractivity contribution is -0.633. The zero-order valence-corrected chi connectivity index (χ0v) is 20.7. The van der Waals surface area contributed by atoms with Crippen molar-refractivity contribution >= 4 is 21.7 Å². The van der Waals surface area contributed by atoms with Crippen LogP contribution in [0.1, 0.15) is 62.8 Å². The van der Waals surface area contributed by atoms with Gasteiger partial charge in [-0.15, -0.1) is 0 Å². The molecule has 0 aliphatic carbocycles. The molecule has 2 heteroatoms. The summed E-state index contributed by atoms with van der Waals surface area (Å²) in [5.74, 6) is 2.41. The van der Waals surface area contributed by atoms with Crippen LogP contribution >= 0.6 is 0 Å². The Balaban J connectivity index is 1.88. The predicted molar refractivity (Wildman–Crippen MR) is 135 cm³/mol. The summed E-state index contributed by atoms with van der Waals surface area (Å²) in [7, 11) is 2.18. The molecule has 164 valence electrons. The van der Waals surface area contributed by atoms with E-state index in [0.29, 0.717) is 5.92 Å². The van der Waals surface area contributed by atoms with E-state index in [1.165, 1.54) is 55.2 Å². The van der Waals surface area contributed by atoms with Gasteiger partial charge in [0.1, 0.15) is 12.8 Å². The molecule has 0 amide bonds. The molecule has 2 heterocycles. The maximum absolute atomic E-state index is 6.70. The second kappa shape index (κ2) is 7.07. The van der Waals surface area contributed by atoms with Crippen molar-refractivity contribution < 1.29 is 9.30 Å². The maximum Gasteiger partial charge on any atom is 0.256 e. The number of fused-ring (bicyclic) bond motifs is 3. The van der Waals surface area contributed by atoms with E-state index < -0.39 is 0 Å². The molecular formula is C30H34NO+. The third kappa shape index (κ3) is 3.20. The predicted octanol–water partition coefficient (Wildman–Crippen LogP) is 7.92. The van der Waals surface area contributed by atoms with E-state index in [-0.39, 0.29) is 5.41 Å². The molecule has 1 aliphatic heterocycles. The van der Waals surface area contributed by atoms with Gasteiger partial charge in [-0.05, 0) is 65.3 Å². The Morgan fingerprint density at radius 3 is 2.41 bits per heavy atom. The molecule has 0 fully saturated rings. The van der Waals surface area contributed by atoms with Gasteiger partial charge in [-0.25, -0.2) is 0 Å². The lowest BCUT2D eigenvalue weighted by atomic mass is 9.85. The van der Waals surface area contributed by atoms with Crippen LogP contribution in [-0.2, 0) is 13.5 Å². The van der Waals surface area contributed by atoms with Crippen LogP contribution in [0, 0.1) is 19.3 Å². The van der Waals surface area contributed by atoms with Gasteiger partial charge in [0.25, 0.3) is 5.69 Å². The van der Waals surface area contributed by atoms with Crippen molar-refractivity contribution in [2.24, 2.45) is 12.5 Å². The van der Waals surface area contributed by atoms with Gasteiger partial charge in [0.2, 0.25) is 5.52 Å². The summed E-state index contributed by atoms with van der Waals surface area (Å²) in [5.41, 5.74) is 9.34. The minimum Gasteiger partial charge on any atom is -0.450 e. The summed E-state index contributed by atoms with van der Waals surface area (Å²) in [4.78, 5) is 0. The SMILES string of the molecule is Cc1cc2cc(CC(C)(C)C)cc3c2c(c1C)-c1c(cc2c(C(C)C)cccc2[n+]1C)O3. The number of aryl methyl sites for hydroxylation is 2. The highest BCUT2D eigenvalue weighted by molar-refractivity contribution is 6.05. The fourth-order valence-corrected chi connectivity index (χ4v) is 5.39. The minimum absolute atomic E-state index is 0.227. The van der Waals surface area contributed by atoms with E-state index in [1.807, 2.05) is 0 Å². The molecule has 0 bridgehead atoms. The van der Waals surface area contributed by atoms with Crippen LogP contribution < -0.4 is 9.30 Å². The second-order valence-electron chi connectivity index (χ2n) is 11.1. The van der Waals surface area contributed by atoms with E-state index in [4.69, 9.17) is 4.74 Å². The molecule has 0 N–H and O–H groups in total. The summed E-state index contributed by atoms with van der Waals surface area (Å²) in [6, 6.07) is 15.9. The van der Waals surface area contributed by atoms with E-state index in [2.05, 4.69) is 103 Å².